The Balaban J connectivity index is 2.01. The average Bonchev–Trinajstić information content (AvgIpc) is 2.98. The first-order valence-corrected chi connectivity index (χ1v) is 6.96. The van der Waals surface area contributed by atoms with Crippen molar-refractivity contribution in [2.75, 3.05) is 13.2 Å². The summed E-state index contributed by atoms with van der Waals surface area (Å²) in [5.74, 6) is 4.44. The summed E-state index contributed by atoms with van der Waals surface area (Å²) in [5, 5.41) is 0. The first-order valence-electron chi connectivity index (χ1n) is 6.96. The number of pyridine rings is 1. The summed E-state index contributed by atoms with van der Waals surface area (Å²) in [6.07, 6.45) is 6.97. The van der Waals surface area contributed by atoms with Crippen LogP contribution in [0.5, 0.6) is 11.5 Å². The summed E-state index contributed by atoms with van der Waals surface area (Å²) >= 11 is 0. The van der Waals surface area contributed by atoms with Gasteiger partial charge in [0.1, 0.15) is 12.4 Å². The SMILES string of the molecule is C#CCOc1cc(-c2nc3ncccc3[nH]2)ccc1OCC. The maximum atomic E-state index is 5.56. The minimum absolute atomic E-state index is 0.186. The molecule has 22 heavy (non-hydrogen) atoms. The molecule has 0 bridgehead atoms. The van der Waals surface area contributed by atoms with Crippen molar-refractivity contribution in [1.29, 1.82) is 0 Å². The Morgan fingerprint density at radius 3 is 2.91 bits per heavy atom. The molecule has 0 spiro atoms. The van der Waals surface area contributed by atoms with Crippen LogP contribution < -0.4 is 9.47 Å². The Kier molecular flexibility index (Phi) is 3.92. The van der Waals surface area contributed by atoms with Gasteiger partial charge in [0, 0.05) is 11.8 Å². The zero-order valence-corrected chi connectivity index (χ0v) is 12.2. The normalized spacial score (nSPS) is 10.4. The Hall–Kier alpha value is -3.00. The molecule has 1 aromatic carbocycles. The second-order valence-electron chi connectivity index (χ2n) is 4.55. The van der Waals surface area contributed by atoms with Crippen LogP contribution in [0.25, 0.3) is 22.6 Å². The third-order valence-corrected chi connectivity index (χ3v) is 3.09. The molecular weight excluding hydrogens is 278 g/mol. The predicted octanol–water partition coefficient (Wildman–Crippen LogP) is 3.04. The van der Waals surface area contributed by atoms with E-state index >= 15 is 0 Å². The molecule has 110 valence electrons. The van der Waals surface area contributed by atoms with Crippen LogP contribution in [0.2, 0.25) is 0 Å². The minimum Gasteiger partial charge on any atom is -0.490 e. The average molecular weight is 293 g/mol. The Bertz CT molecular complexity index is 800. The molecular formula is C17H15N3O2. The molecule has 3 rings (SSSR count). The summed E-state index contributed by atoms with van der Waals surface area (Å²) in [5.41, 5.74) is 2.45. The van der Waals surface area contributed by atoms with Gasteiger partial charge in [-0.05, 0) is 37.3 Å². The van der Waals surface area contributed by atoms with Gasteiger partial charge in [0.2, 0.25) is 0 Å². The monoisotopic (exact) mass is 293 g/mol. The Morgan fingerprint density at radius 2 is 2.14 bits per heavy atom. The highest BCUT2D eigenvalue weighted by Crippen LogP contribution is 2.32. The number of fused-ring (bicyclic) bond motifs is 1. The molecule has 0 saturated heterocycles. The molecule has 1 N–H and O–H groups in total. The highest BCUT2D eigenvalue weighted by molar-refractivity contribution is 5.76. The van der Waals surface area contributed by atoms with Gasteiger partial charge >= 0.3 is 0 Å². The second kappa shape index (κ2) is 6.19. The van der Waals surface area contributed by atoms with Crippen LogP contribution in [0.15, 0.2) is 36.5 Å². The number of nitrogens with zero attached hydrogens (tertiary/aromatic N) is 2. The predicted molar refractivity (Wildman–Crippen MR) is 84.8 cm³/mol. The molecule has 0 aliphatic rings. The lowest BCUT2D eigenvalue weighted by Crippen LogP contribution is -1.99. The fourth-order valence-electron chi connectivity index (χ4n) is 2.14. The van der Waals surface area contributed by atoms with E-state index in [-0.39, 0.29) is 6.61 Å². The van der Waals surface area contributed by atoms with E-state index in [9.17, 15) is 0 Å². The molecule has 0 aliphatic carbocycles. The van der Waals surface area contributed by atoms with Crippen molar-refractivity contribution in [3.63, 3.8) is 0 Å². The lowest BCUT2D eigenvalue weighted by molar-refractivity contribution is 0.299. The van der Waals surface area contributed by atoms with Gasteiger partial charge in [-0.25, -0.2) is 9.97 Å². The van der Waals surface area contributed by atoms with Crippen LogP contribution in [-0.2, 0) is 0 Å². The molecule has 5 nitrogen and oxygen atoms in total. The van der Waals surface area contributed by atoms with Gasteiger partial charge < -0.3 is 14.5 Å². The number of ether oxygens (including phenoxy) is 2. The maximum Gasteiger partial charge on any atom is 0.178 e. The fraction of sp³-hybridized carbons (Fsp3) is 0.176. The molecule has 0 fully saturated rings. The topological polar surface area (TPSA) is 60.0 Å². The van der Waals surface area contributed by atoms with Crippen LogP contribution >= 0.6 is 0 Å². The van der Waals surface area contributed by atoms with Crippen molar-refractivity contribution >= 4 is 11.2 Å². The molecule has 0 atom stereocenters. The van der Waals surface area contributed by atoms with Gasteiger partial charge in [-0.1, -0.05) is 5.92 Å². The Labute approximate surface area is 128 Å². The lowest BCUT2D eigenvalue weighted by Gasteiger charge is -2.11. The quantitative estimate of drug-likeness (QED) is 0.735. The van der Waals surface area contributed by atoms with Crippen molar-refractivity contribution in [3.05, 3.63) is 36.5 Å². The summed E-state index contributed by atoms with van der Waals surface area (Å²) in [6.45, 7) is 2.66. The van der Waals surface area contributed by atoms with Gasteiger partial charge in [-0.15, -0.1) is 6.42 Å². The molecule has 0 radical (unpaired) electrons. The van der Waals surface area contributed by atoms with E-state index in [0.717, 1.165) is 16.9 Å². The highest BCUT2D eigenvalue weighted by Gasteiger charge is 2.11. The zero-order valence-electron chi connectivity index (χ0n) is 12.2. The first kappa shape index (κ1) is 14.0. The standard InChI is InChI=1S/C17H15N3O2/c1-3-10-22-15-11-12(7-8-14(15)21-4-2)16-19-13-6-5-9-18-17(13)20-16/h1,5-9,11H,4,10H2,2H3,(H,18,19,20). The highest BCUT2D eigenvalue weighted by atomic mass is 16.5. The number of aromatic amines is 1. The van der Waals surface area contributed by atoms with Crippen LogP contribution in [0.1, 0.15) is 6.92 Å². The zero-order chi connectivity index (χ0) is 15.4. The Morgan fingerprint density at radius 1 is 1.23 bits per heavy atom. The van der Waals surface area contributed by atoms with Gasteiger partial charge in [-0.2, -0.15) is 0 Å². The summed E-state index contributed by atoms with van der Waals surface area (Å²) in [4.78, 5) is 11.9. The summed E-state index contributed by atoms with van der Waals surface area (Å²) in [6, 6.07) is 9.43. The van der Waals surface area contributed by atoms with Crippen LogP contribution in [0.4, 0.5) is 0 Å². The lowest BCUT2D eigenvalue weighted by atomic mass is 10.2. The van der Waals surface area contributed by atoms with Crippen LogP contribution in [-0.4, -0.2) is 28.2 Å². The molecule has 3 aromatic rings. The molecule has 0 aliphatic heterocycles. The first-order chi connectivity index (χ1) is 10.8. The number of hydrogen-bond donors (Lipinski definition) is 1. The van der Waals surface area contributed by atoms with Gasteiger partial charge in [0.15, 0.2) is 17.1 Å². The van der Waals surface area contributed by atoms with E-state index in [1.807, 2.05) is 37.3 Å². The number of H-pyrrole nitrogens is 1. The minimum atomic E-state index is 0.186. The van der Waals surface area contributed by atoms with E-state index in [1.165, 1.54) is 0 Å². The summed E-state index contributed by atoms with van der Waals surface area (Å²) < 4.78 is 11.1. The van der Waals surface area contributed by atoms with Gasteiger partial charge in [0.25, 0.3) is 0 Å². The summed E-state index contributed by atoms with van der Waals surface area (Å²) in [7, 11) is 0. The second-order valence-corrected chi connectivity index (χ2v) is 4.55. The molecule has 0 amide bonds. The number of imidazole rings is 1. The van der Waals surface area contributed by atoms with Gasteiger partial charge in [0.05, 0.1) is 12.1 Å². The van der Waals surface area contributed by atoms with Crippen molar-refractivity contribution in [2.24, 2.45) is 0 Å². The molecule has 0 unspecified atom stereocenters. The molecule has 5 heteroatoms. The molecule has 2 aromatic heterocycles. The number of benzene rings is 1. The number of nitrogens with one attached hydrogen (secondary N) is 1. The van der Waals surface area contributed by atoms with Crippen molar-refractivity contribution in [1.82, 2.24) is 15.0 Å². The largest absolute Gasteiger partial charge is 0.490 e. The van der Waals surface area contributed by atoms with E-state index in [2.05, 4.69) is 20.9 Å². The van der Waals surface area contributed by atoms with E-state index in [0.29, 0.717) is 23.8 Å². The van der Waals surface area contributed by atoms with E-state index in [1.54, 1.807) is 6.20 Å². The third kappa shape index (κ3) is 2.72. The maximum absolute atomic E-state index is 5.56. The van der Waals surface area contributed by atoms with E-state index < -0.39 is 0 Å². The smallest absolute Gasteiger partial charge is 0.178 e. The van der Waals surface area contributed by atoms with Crippen LogP contribution in [0.3, 0.4) is 0 Å². The number of terminal acetylenes is 1. The molecule has 2 heterocycles. The third-order valence-electron chi connectivity index (χ3n) is 3.09. The van der Waals surface area contributed by atoms with E-state index in [4.69, 9.17) is 15.9 Å². The fourth-order valence-corrected chi connectivity index (χ4v) is 2.14. The van der Waals surface area contributed by atoms with Crippen molar-refractivity contribution in [3.8, 4) is 35.2 Å². The van der Waals surface area contributed by atoms with Crippen molar-refractivity contribution < 1.29 is 9.47 Å². The number of rotatable bonds is 5. The number of hydrogen-bond acceptors (Lipinski definition) is 4. The van der Waals surface area contributed by atoms with Gasteiger partial charge in [-0.3, -0.25) is 0 Å². The van der Waals surface area contributed by atoms with Crippen molar-refractivity contribution in [2.45, 2.75) is 6.92 Å². The molecule has 0 saturated carbocycles. The van der Waals surface area contributed by atoms with Crippen LogP contribution in [0, 0.1) is 12.3 Å². The number of aromatic nitrogens is 3.